The van der Waals surface area contributed by atoms with Crippen LogP contribution in [-0.2, 0) is 24.4 Å². The van der Waals surface area contributed by atoms with Crippen molar-refractivity contribution in [1.82, 2.24) is 14.4 Å². The molecule has 3 heterocycles. The average Bonchev–Trinajstić information content (AvgIpc) is 3.03. The highest BCUT2D eigenvalue weighted by molar-refractivity contribution is 5.45. The maximum absolute atomic E-state index is 5.96. The molecule has 4 heteroatoms. The topological polar surface area (TPSA) is 39.4 Å². The number of nitrogens with zero attached hydrogens (tertiary/aromatic N) is 3. The number of aromatic nitrogens is 3. The van der Waals surface area contributed by atoms with Crippen molar-refractivity contribution < 1.29 is 4.74 Å². The number of benzene rings is 1. The van der Waals surface area contributed by atoms with Crippen molar-refractivity contribution in [1.29, 1.82) is 0 Å². The van der Waals surface area contributed by atoms with Crippen LogP contribution in [0, 0.1) is 13.8 Å². The zero-order valence-corrected chi connectivity index (χ0v) is 15.7. The number of ether oxygens (including phenoxy) is 1. The molecule has 4 rings (SSSR count). The van der Waals surface area contributed by atoms with Crippen LogP contribution in [0.3, 0.4) is 0 Å². The monoisotopic (exact) mass is 357 g/mol. The number of pyridine rings is 2. The molecule has 0 saturated carbocycles. The summed E-state index contributed by atoms with van der Waals surface area (Å²) in [7, 11) is 0. The van der Waals surface area contributed by atoms with Gasteiger partial charge in [-0.05, 0) is 54.8 Å². The number of hydrogen-bond acceptors (Lipinski definition) is 3. The highest BCUT2D eigenvalue weighted by atomic mass is 16.5. The Morgan fingerprint density at radius 1 is 0.963 bits per heavy atom. The number of aryl methyl sites for hydroxylation is 2. The van der Waals surface area contributed by atoms with E-state index >= 15 is 0 Å². The zero-order valence-electron chi connectivity index (χ0n) is 15.7. The van der Waals surface area contributed by atoms with Gasteiger partial charge in [0, 0.05) is 25.0 Å². The average molecular weight is 357 g/mol. The number of fused-ring (bicyclic) bond motifs is 1. The molecular weight excluding hydrogens is 334 g/mol. The first-order valence-electron chi connectivity index (χ1n) is 9.18. The van der Waals surface area contributed by atoms with E-state index < -0.39 is 0 Å². The standard InChI is InChI=1S/C23H23N3O/c1-17-6-7-18(2)20(13-17)14-22-21(25-23-5-3-4-12-26(22)23)16-27-15-19-8-10-24-11-9-19/h3-13H,14-16H2,1-2H3. The van der Waals surface area contributed by atoms with E-state index in [0.717, 1.165) is 23.3 Å². The van der Waals surface area contributed by atoms with Crippen LogP contribution >= 0.6 is 0 Å². The van der Waals surface area contributed by atoms with Crippen LogP contribution in [0.15, 0.2) is 67.1 Å². The fourth-order valence-electron chi connectivity index (χ4n) is 3.31. The van der Waals surface area contributed by atoms with Crippen molar-refractivity contribution in [3.63, 3.8) is 0 Å². The molecule has 1 aromatic carbocycles. The third-order valence-electron chi connectivity index (χ3n) is 4.83. The maximum atomic E-state index is 5.96. The summed E-state index contributed by atoms with van der Waals surface area (Å²) in [4.78, 5) is 8.86. The summed E-state index contributed by atoms with van der Waals surface area (Å²) < 4.78 is 8.14. The fourth-order valence-corrected chi connectivity index (χ4v) is 3.31. The van der Waals surface area contributed by atoms with Crippen molar-refractivity contribution >= 4 is 5.65 Å². The second kappa shape index (κ2) is 7.72. The van der Waals surface area contributed by atoms with E-state index in [1.807, 2.05) is 30.3 Å². The first-order chi connectivity index (χ1) is 13.2. The predicted octanol–water partition coefficient (Wildman–Crippen LogP) is 4.65. The van der Waals surface area contributed by atoms with E-state index in [1.165, 1.54) is 22.4 Å². The quantitative estimate of drug-likeness (QED) is 0.504. The van der Waals surface area contributed by atoms with Gasteiger partial charge in [-0.25, -0.2) is 4.98 Å². The van der Waals surface area contributed by atoms with Crippen LogP contribution in [0.2, 0.25) is 0 Å². The molecular formula is C23H23N3O. The lowest BCUT2D eigenvalue weighted by Gasteiger charge is -2.10. The molecule has 0 aliphatic heterocycles. The third kappa shape index (κ3) is 3.91. The first kappa shape index (κ1) is 17.4. The van der Waals surface area contributed by atoms with Crippen LogP contribution in [0.5, 0.6) is 0 Å². The summed E-state index contributed by atoms with van der Waals surface area (Å²) >= 11 is 0. The Kier molecular flexibility index (Phi) is 4.99. The molecule has 4 aromatic rings. The smallest absolute Gasteiger partial charge is 0.137 e. The summed E-state index contributed by atoms with van der Waals surface area (Å²) in [5.74, 6) is 0. The number of imidazole rings is 1. The largest absolute Gasteiger partial charge is 0.370 e. The highest BCUT2D eigenvalue weighted by Gasteiger charge is 2.14. The molecule has 136 valence electrons. The summed E-state index contributed by atoms with van der Waals surface area (Å²) in [6.07, 6.45) is 6.49. The summed E-state index contributed by atoms with van der Waals surface area (Å²) in [6, 6.07) is 16.7. The Bertz CT molecular complexity index is 1050. The van der Waals surface area contributed by atoms with Crippen molar-refractivity contribution in [2.75, 3.05) is 0 Å². The minimum absolute atomic E-state index is 0.490. The van der Waals surface area contributed by atoms with E-state index in [4.69, 9.17) is 9.72 Å². The van der Waals surface area contributed by atoms with Gasteiger partial charge in [0.15, 0.2) is 0 Å². The summed E-state index contributed by atoms with van der Waals surface area (Å²) in [6.45, 7) is 5.34. The minimum atomic E-state index is 0.490. The van der Waals surface area contributed by atoms with Crippen LogP contribution in [0.4, 0.5) is 0 Å². The Hall–Kier alpha value is -2.98. The first-order valence-corrected chi connectivity index (χ1v) is 9.18. The van der Waals surface area contributed by atoms with Crippen molar-refractivity contribution in [2.24, 2.45) is 0 Å². The Morgan fingerprint density at radius 2 is 1.81 bits per heavy atom. The van der Waals surface area contributed by atoms with Gasteiger partial charge < -0.3 is 9.14 Å². The van der Waals surface area contributed by atoms with Crippen LogP contribution in [-0.4, -0.2) is 14.4 Å². The molecule has 0 amide bonds. The van der Waals surface area contributed by atoms with Crippen LogP contribution < -0.4 is 0 Å². The van der Waals surface area contributed by atoms with Gasteiger partial charge in [0.05, 0.1) is 24.6 Å². The molecule has 0 N–H and O–H groups in total. The molecule has 0 bridgehead atoms. The third-order valence-corrected chi connectivity index (χ3v) is 4.83. The van der Waals surface area contributed by atoms with Gasteiger partial charge in [0.25, 0.3) is 0 Å². The second-order valence-corrected chi connectivity index (χ2v) is 6.89. The molecule has 27 heavy (non-hydrogen) atoms. The molecule has 0 spiro atoms. The number of rotatable bonds is 6. The lowest BCUT2D eigenvalue weighted by Crippen LogP contribution is -2.02. The predicted molar refractivity (Wildman–Crippen MR) is 107 cm³/mol. The van der Waals surface area contributed by atoms with Crippen molar-refractivity contribution in [3.05, 3.63) is 101 Å². The van der Waals surface area contributed by atoms with E-state index in [9.17, 15) is 0 Å². The molecule has 0 aliphatic carbocycles. The SMILES string of the molecule is Cc1ccc(C)c(Cc2c(COCc3ccncc3)nc3ccccn23)c1. The van der Waals surface area contributed by atoms with Gasteiger partial charge in [-0.2, -0.15) is 0 Å². The minimum Gasteiger partial charge on any atom is -0.370 e. The van der Waals surface area contributed by atoms with E-state index in [-0.39, 0.29) is 0 Å². The van der Waals surface area contributed by atoms with Gasteiger partial charge >= 0.3 is 0 Å². The normalized spacial score (nSPS) is 11.2. The Morgan fingerprint density at radius 3 is 2.67 bits per heavy atom. The highest BCUT2D eigenvalue weighted by Crippen LogP contribution is 2.21. The summed E-state index contributed by atoms with van der Waals surface area (Å²) in [5, 5.41) is 0. The molecule has 0 fully saturated rings. The van der Waals surface area contributed by atoms with E-state index in [0.29, 0.717) is 13.2 Å². The van der Waals surface area contributed by atoms with E-state index in [1.54, 1.807) is 12.4 Å². The maximum Gasteiger partial charge on any atom is 0.137 e. The van der Waals surface area contributed by atoms with Gasteiger partial charge in [-0.3, -0.25) is 4.98 Å². The molecule has 0 atom stereocenters. The van der Waals surface area contributed by atoms with Crippen molar-refractivity contribution in [3.8, 4) is 0 Å². The molecule has 0 radical (unpaired) electrons. The van der Waals surface area contributed by atoms with Crippen LogP contribution in [0.1, 0.15) is 33.6 Å². The lowest BCUT2D eigenvalue weighted by atomic mass is 10.0. The van der Waals surface area contributed by atoms with E-state index in [2.05, 4.69) is 47.6 Å². The van der Waals surface area contributed by atoms with Gasteiger partial charge in [-0.15, -0.1) is 0 Å². The number of hydrogen-bond donors (Lipinski definition) is 0. The van der Waals surface area contributed by atoms with Gasteiger partial charge in [-0.1, -0.05) is 29.8 Å². The van der Waals surface area contributed by atoms with Crippen molar-refractivity contribution in [2.45, 2.75) is 33.5 Å². The summed E-state index contributed by atoms with van der Waals surface area (Å²) in [5.41, 5.74) is 8.17. The van der Waals surface area contributed by atoms with Gasteiger partial charge in [0.2, 0.25) is 0 Å². The molecule has 4 nitrogen and oxygen atoms in total. The zero-order chi connectivity index (χ0) is 18.6. The molecule has 0 aliphatic rings. The second-order valence-electron chi connectivity index (χ2n) is 6.89. The van der Waals surface area contributed by atoms with Gasteiger partial charge in [0.1, 0.15) is 5.65 Å². The lowest BCUT2D eigenvalue weighted by molar-refractivity contribution is 0.104. The molecule has 3 aromatic heterocycles. The van der Waals surface area contributed by atoms with Crippen LogP contribution in [0.25, 0.3) is 5.65 Å². The molecule has 0 unspecified atom stereocenters. The fraction of sp³-hybridized carbons (Fsp3) is 0.217. The molecule has 0 saturated heterocycles. The Labute approximate surface area is 159 Å². The Balaban J connectivity index is 1.62.